The number of hydrogen-bond donors (Lipinski definition) is 1. The van der Waals surface area contributed by atoms with Gasteiger partial charge in [-0.15, -0.1) is 0 Å². The smallest absolute Gasteiger partial charge is 0.306 e. The second kappa shape index (κ2) is 7.75. The van der Waals surface area contributed by atoms with E-state index in [4.69, 9.17) is 4.98 Å². The minimum atomic E-state index is -0.649. The van der Waals surface area contributed by atoms with Crippen molar-refractivity contribution >= 4 is 16.9 Å². The van der Waals surface area contributed by atoms with Crippen molar-refractivity contribution in [1.82, 2.24) is 9.88 Å². The van der Waals surface area contributed by atoms with Crippen LogP contribution in [0.15, 0.2) is 36.4 Å². The van der Waals surface area contributed by atoms with Gasteiger partial charge in [0.15, 0.2) is 0 Å². The molecular weight excluding hydrogens is 300 g/mol. The third kappa shape index (κ3) is 3.75. The zero-order valence-electron chi connectivity index (χ0n) is 14.3. The number of piperidine rings is 1. The molecule has 1 aromatic heterocycles. The zero-order chi connectivity index (χ0) is 16.9. The van der Waals surface area contributed by atoms with Crippen LogP contribution in [0.2, 0.25) is 0 Å². The monoisotopic (exact) mass is 326 g/mol. The summed E-state index contributed by atoms with van der Waals surface area (Å²) in [4.78, 5) is 18.5. The van der Waals surface area contributed by atoms with Crippen molar-refractivity contribution in [3.05, 3.63) is 42.1 Å². The predicted octanol–water partition coefficient (Wildman–Crippen LogP) is 4.26. The summed E-state index contributed by atoms with van der Waals surface area (Å²) in [5, 5.41) is 10.4. The van der Waals surface area contributed by atoms with E-state index >= 15 is 0 Å². The van der Waals surface area contributed by atoms with Crippen LogP contribution in [0, 0.1) is 5.92 Å². The summed E-state index contributed by atoms with van der Waals surface area (Å²) in [6.45, 7) is 3.90. The second-order valence-corrected chi connectivity index (χ2v) is 6.74. The summed E-state index contributed by atoms with van der Waals surface area (Å²) in [5.41, 5.74) is 2.16. The molecule has 1 atom stereocenters. The highest BCUT2D eigenvalue weighted by atomic mass is 16.4. The van der Waals surface area contributed by atoms with Crippen molar-refractivity contribution in [3.8, 4) is 0 Å². The van der Waals surface area contributed by atoms with Gasteiger partial charge in [0.2, 0.25) is 0 Å². The largest absolute Gasteiger partial charge is 0.481 e. The molecular formula is C20H26N2O2. The first-order valence-corrected chi connectivity index (χ1v) is 9.01. The van der Waals surface area contributed by atoms with Gasteiger partial charge >= 0.3 is 5.97 Å². The first-order valence-electron chi connectivity index (χ1n) is 9.01. The molecule has 1 fully saturated rings. The molecule has 1 aliphatic rings. The Balaban J connectivity index is 1.81. The fourth-order valence-corrected chi connectivity index (χ4v) is 3.64. The lowest BCUT2D eigenvalue weighted by Gasteiger charge is -2.36. The number of unbranched alkanes of at least 4 members (excludes halogenated alkanes) is 1. The van der Waals surface area contributed by atoms with Gasteiger partial charge < -0.3 is 5.11 Å². The third-order valence-electron chi connectivity index (χ3n) is 5.11. The number of likely N-dealkylation sites (tertiary alicyclic amines) is 1. The van der Waals surface area contributed by atoms with Crippen LogP contribution in [0.1, 0.15) is 50.8 Å². The maximum atomic E-state index is 11.2. The van der Waals surface area contributed by atoms with Crippen molar-refractivity contribution in [3.63, 3.8) is 0 Å². The minimum absolute atomic E-state index is 0.183. The maximum absolute atomic E-state index is 11.2. The van der Waals surface area contributed by atoms with Gasteiger partial charge in [-0.05, 0) is 44.5 Å². The van der Waals surface area contributed by atoms with Crippen LogP contribution in [0.3, 0.4) is 0 Å². The van der Waals surface area contributed by atoms with E-state index in [1.54, 1.807) is 0 Å². The van der Waals surface area contributed by atoms with Gasteiger partial charge in [0.25, 0.3) is 0 Å². The van der Waals surface area contributed by atoms with Gasteiger partial charge in [0.05, 0.1) is 23.2 Å². The van der Waals surface area contributed by atoms with Crippen LogP contribution < -0.4 is 0 Å². The summed E-state index contributed by atoms with van der Waals surface area (Å²) in [7, 11) is 0. The van der Waals surface area contributed by atoms with E-state index in [1.165, 1.54) is 5.39 Å². The molecule has 0 amide bonds. The number of nitrogens with zero attached hydrogens (tertiary/aromatic N) is 2. The van der Waals surface area contributed by atoms with Crippen molar-refractivity contribution in [1.29, 1.82) is 0 Å². The van der Waals surface area contributed by atoms with Crippen LogP contribution in [0.5, 0.6) is 0 Å². The highest BCUT2D eigenvalue weighted by Crippen LogP contribution is 2.31. The Bertz CT molecular complexity index is 693. The molecule has 2 heterocycles. The molecule has 2 aromatic rings. The topological polar surface area (TPSA) is 53.4 Å². The molecule has 0 saturated carbocycles. The molecule has 0 bridgehead atoms. The summed E-state index contributed by atoms with van der Waals surface area (Å²) < 4.78 is 0. The van der Waals surface area contributed by atoms with E-state index in [1.807, 2.05) is 12.1 Å². The normalized spacial score (nSPS) is 17.9. The highest BCUT2D eigenvalue weighted by Gasteiger charge is 2.29. The predicted molar refractivity (Wildman–Crippen MR) is 95.9 cm³/mol. The summed E-state index contributed by atoms with van der Waals surface area (Å²) in [6.07, 6.45) is 4.89. The number of aliphatic carboxylic acids is 1. The number of rotatable bonds is 6. The van der Waals surface area contributed by atoms with Gasteiger partial charge in [-0.25, -0.2) is 0 Å². The molecule has 0 aliphatic carbocycles. The highest BCUT2D eigenvalue weighted by molar-refractivity contribution is 5.78. The van der Waals surface area contributed by atoms with Gasteiger partial charge in [-0.3, -0.25) is 14.7 Å². The minimum Gasteiger partial charge on any atom is -0.481 e. The summed E-state index contributed by atoms with van der Waals surface area (Å²) >= 11 is 0. The number of benzene rings is 1. The molecule has 24 heavy (non-hydrogen) atoms. The Morgan fingerprint density at radius 3 is 2.71 bits per heavy atom. The number of pyridine rings is 1. The average Bonchev–Trinajstić information content (AvgIpc) is 2.62. The van der Waals surface area contributed by atoms with Crippen LogP contribution in [-0.4, -0.2) is 34.0 Å². The van der Waals surface area contributed by atoms with Crippen molar-refractivity contribution in [2.75, 3.05) is 13.1 Å². The Morgan fingerprint density at radius 2 is 2.00 bits per heavy atom. The molecule has 0 radical (unpaired) electrons. The molecule has 1 saturated heterocycles. The first kappa shape index (κ1) is 16.9. The van der Waals surface area contributed by atoms with E-state index in [0.717, 1.165) is 56.4 Å². The van der Waals surface area contributed by atoms with E-state index in [2.05, 4.69) is 36.1 Å². The number of para-hydroxylation sites is 1. The lowest BCUT2D eigenvalue weighted by atomic mass is 9.94. The number of hydrogen-bond acceptors (Lipinski definition) is 3. The number of carbonyl (C=O) groups is 1. The SMILES string of the molecule is CCCCC(c1ccc2ccccc2n1)N1CCC(C(=O)O)CC1. The number of aromatic nitrogens is 1. The summed E-state index contributed by atoms with van der Waals surface area (Å²) in [5.74, 6) is -0.832. The van der Waals surface area contributed by atoms with E-state index in [-0.39, 0.29) is 5.92 Å². The molecule has 4 nitrogen and oxygen atoms in total. The molecule has 1 aliphatic heterocycles. The number of carboxylic acid groups (broad SMARTS) is 1. The van der Waals surface area contributed by atoms with Crippen molar-refractivity contribution < 1.29 is 9.90 Å². The lowest BCUT2D eigenvalue weighted by Crippen LogP contribution is -2.39. The second-order valence-electron chi connectivity index (χ2n) is 6.74. The van der Waals surface area contributed by atoms with Gasteiger partial charge in [-0.1, -0.05) is 44.0 Å². The molecule has 1 aromatic carbocycles. The molecule has 1 N–H and O–H groups in total. The van der Waals surface area contributed by atoms with Crippen molar-refractivity contribution in [2.45, 2.75) is 45.1 Å². The van der Waals surface area contributed by atoms with Gasteiger partial charge in [0.1, 0.15) is 0 Å². The number of carboxylic acids is 1. The molecule has 3 rings (SSSR count). The Kier molecular flexibility index (Phi) is 5.46. The van der Waals surface area contributed by atoms with E-state index in [0.29, 0.717) is 6.04 Å². The number of fused-ring (bicyclic) bond motifs is 1. The standard InChI is InChI=1S/C20H26N2O2/c1-2-3-8-19(22-13-11-16(12-14-22)20(23)24)18-10-9-15-6-4-5-7-17(15)21-18/h4-7,9-10,16,19H,2-3,8,11-14H2,1H3,(H,23,24). The molecule has 1 unspecified atom stereocenters. The van der Waals surface area contributed by atoms with Crippen molar-refractivity contribution in [2.24, 2.45) is 5.92 Å². The first-order chi connectivity index (χ1) is 11.7. The fraction of sp³-hybridized carbons (Fsp3) is 0.500. The average molecular weight is 326 g/mol. The van der Waals surface area contributed by atoms with Crippen LogP contribution >= 0.6 is 0 Å². The lowest BCUT2D eigenvalue weighted by molar-refractivity contribution is -0.143. The maximum Gasteiger partial charge on any atom is 0.306 e. The third-order valence-corrected chi connectivity index (χ3v) is 5.11. The van der Waals surface area contributed by atoms with Gasteiger partial charge in [0, 0.05) is 5.39 Å². The van der Waals surface area contributed by atoms with Crippen LogP contribution in [0.25, 0.3) is 10.9 Å². The molecule has 0 spiro atoms. The van der Waals surface area contributed by atoms with E-state index < -0.39 is 5.97 Å². The van der Waals surface area contributed by atoms with Crippen LogP contribution in [0.4, 0.5) is 0 Å². The van der Waals surface area contributed by atoms with E-state index in [9.17, 15) is 9.90 Å². The van der Waals surface area contributed by atoms with Crippen LogP contribution in [-0.2, 0) is 4.79 Å². The fourth-order valence-electron chi connectivity index (χ4n) is 3.64. The Hall–Kier alpha value is -1.94. The van der Waals surface area contributed by atoms with Gasteiger partial charge in [-0.2, -0.15) is 0 Å². The molecule has 4 heteroatoms. The quantitative estimate of drug-likeness (QED) is 0.861. The Morgan fingerprint density at radius 1 is 1.25 bits per heavy atom. The Labute approximate surface area is 143 Å². The summed E-state index contributed by atoms with van der Waals surface area (Å²) in [6, 6.07) is 12.8. The zero-order valence-corrected chi connectivity index (χ0v) is 14.3. The molecule has 128 valence electrons.